The molecule has 1 amide bonds. The van der Waals surface area contributed by atoms with E-state index >= 15 is 0 Å². The van der Waals surface area contributed by atoms with Crippen molar-refractivity contribution < 1.29 is 14.0 Å². The summed E-state index contributed by atoms with van der Waals surface area (Å²) < 4.78 is 14.4. The summed E-state index contributed by atoms with van der Waals surface area (Å²) in [6, 6.07) is 6.26. The van der Waals surface area contributed by atoms with Crippen LogP contribution in [0.4, 0.5) is 10.1 Å². The molecule has 0 spiro atoms. The summed E-state index contributed by atoms with van der Waals surface area (Å²) in [5, 5.41) is -0.0945. The van der Waals surface area contributed by atoms with Gasteiger partial charge in [0.05, 0.1) is 17.9 Å². The number of halogens is 3. The van der Waals surface area contributed by atoms with Gasteiger partial charge in [-0.2, -0.15) is 0 Å². The Balaban J connectivity index is 0.000000236. The van der Waals surface area contributed by atoms with E-state index in [1.165, 1.54) is 16.7 Å². The number of nitrogens with two attached hydrogens (primary N) is 1. The minimum atomic E-state index is -0.435. The quantitative estimate of drug-likeness (QED) is 0.665. The third kappa shape index (κ3) is 4.92. The van der Waals surface area contributed by atoms with Crippen LogP contribution >= 0.6 is 27.5 Å². The van der Waals surface area contributed by atoms with Crippen molar-refractivity contribution in [1.29, 1.82) is 0 Å². The van der Waals surface area contributed by atoms with Crippen LogP contribution in [-0.2, 0) is 17.8 Å². The number of amides is 1. The molecule has 2 heterocycles. The molecule has 6 nitrogen and oxygen atoms in total. The summed E-state index contributed by atoms with van der Waals surface area (Å²) in [5.74, 6) is -0.101. The SMILES string of the molecule is Fc1cccc(Br)c1.Nc1c(C(=O)NOCC2CC2)c2n(c(=O)c1Cl)CCC2. The molecular weight excluding hydrogens is 453 g/mol. The number of rotatable bonds is 4. The van der Waals surface area contributed by atoms with Gasteiger partial charge in [0.25, 0.3) is 11.5 Å². The molecule has 1 aromatic carbocycles. The average molecular weight is 473 g/mol. The van der Waals surface area contributed by atoms with Gasteiger partial charge < -0.3 is 10.3 Å². The maximum Gasteiger partial charge on any atom is 0.278 e. The van der Waals surface area contributed by atoms with Crippen molar-refractivity contribution in [2.75, 3.05) is 12.3 Å². The first-order valence-electron chi connectivity index (χ1n) is 8.92. The number of hydrogen-bond donors (Lipinski definition) is 2. The van der Waals surface area contributed by atoms with Gasteiger partial charge in [-0.1, -0.05) is 33.6 Å². The minimum absolute atomic E-state index is 0.0392. The van der Waals surface area contributed by atoms with E-state index in [0.717, 1.165) is 23.7 Å². The van der Waals surface area contributed by atoms with Gasteiger partial charge in [0.15, 0.2) is 0 Å². The van der Waals surface area contributed by atoms with Crippen LogP contribution in [0, 0.1) is 11.7 Å². The van der Waals surface area contributed by atoms with Crippen LogP contribution in [0.1, 0.15) is 35.3 Å². The Morgan fingerprint density at radius 3 is 2.79 bits per heavy atom. The summed E-state index contributed by atoms with van der Waals surface area (Å²) in [4.78, 5) is 29.3. The summed E-state index contributed by atoms with van der Waals surface area (Å²) in [6.07, 6.45) is 3.72. The van der Waals surface area contributed by atoms with Gasteiger partial charge in [-0.3, -0.25) is 14.4 Å². The maximum atomic E-state index is 12.2. The molecule has 3 N–H and O–H groups in total. The summed E-state index contributed by atoms with van der Waals surface area (Å²) in [6.45, 7) is 1.08. The number of anilines is 1. The number of aromatic nitrogens is 1. The Morgan fingerprint density at radius 2 is 2.18 bits per heavy atom. The second-order valence-corrected chi connectivity index (χ2v) is 8.03. The Bertz CT molecular complexity index is 930. The predicted octanol–water partition coefficient (Wildman–Crippen LogP) is 3.69. The maximum absolute atomic E-state index is 12.2. The zero-order chi connectivity index (χ0) is 20.3. The lowest BCUT2D eigenvalue weighted by molar-refractivity contribution is 0.0269. The van der Waals surface area contributed by atoms with E-state index < -0.39 is 5.91 Å². The number of pyridine rings is 1. The molecule has 2 aromatic rings. The molecule has 28 heavy (non-hydrogen) atoms. The van der Waals surface area contributed by atoms with E-state index in [1.807, 2.05) is 0 Å². The van der Waals surface area contributed by atoms with E-state index in [4.69, 9.17) is 22.2 Å². The monoisotopic (exact) mass is 471 g/mol. The van der Waals surface area contributed by atoms with Gasteiger partial charge in [0, 0.05) is 16.7 Å². The number of nitrogens with zero attached hydrogens (tertiary/aromatic N) is 1. The van der Waals surface area contributed by atoms with Gasteiger partial charge in [0.2, 0.25) is 0 Å². The molecule has 1 aromatic heterocycles. The van der Waals surface area contributed by atoms with Crippen LogP contribution in [0.3, 0.4) is 0 Å². The first-order valence-corrected chi connectivity index (χ1v) is 10.1. The van der Waals surface area contributed by atoms with Gasteiger partial charge in [-0.25, -0.2) is 9.87 Å². The van der Waals surface area contributed by atoms with Crippen molar-refractivity contribution >= 4 is 39.1 Å². The number of nitrogen functional groups attached to an aromatic ring is 1. The molecule has 0 bridgehead atoms. The van der Waals surface area contributed by atoms with Crippen molar-refractivity contribution in [3.8, 4) is 0 Å². The molecule has 0 saturated heterocycles. The number of fused-ring (bicyclic) bond motifs is 1. The van der Waals surface area contributed by atoms with Crippen molar-refractivity contribution in [2.24, 2.45) is 5.92 Å². The summed E-state index contributed by atoms with van der Waals surface area (Å²) in [7, 11) is 0. The molecule has 1 aliphatic heterocycles. The molecule has 1 fully saturated rings. The highest BCUT2D eigenvalue weighted by atomic mass is 79.9. The predicted molar refractivity (Wildman–Crippen MR) is 109 cm³/mol. The van der Waals surface area contributed by atoms with E-state index in [1.54, 1.807) is 12.1 Å². The molecular formula is C19H20BrClFN3O3. The van der Waals surface area contributed by atoms with E-state index in [9.17, 15) is 14.0 Å². The fourth-order valence-electron chi connectivity index (χ4n) is 2.93. The summed E-state index contributed by atoms with van der Waals surface area (Å²) >= 11 is 9.05. The van der Waals surface area contributed by atoms with Crippen molar-refractivity contribution in [1.82, 2.24) is 10.0 Å². The van der Waals surface area contributed by atoms with Crippen LogP contribution in [-0.4, -0.2) is 17.1 Å². The first kappa shape index (κ1) is 20.8. The zero-order valence-corrected chi connectivity index (χ0v) is 17.4. The number of carbonyl (C=O) groups is 1. The normalized spacial score (nSPS) is 14.8. The fraction of sp³-hybridized carbons (Fsp3) is 0.368. The lowest BCUT2D eigenvalue weighted by atomic mass is 10.1. The summed E-state index contributed by atoms with van der Waals surface area (Å²) in [5.41, 5.74) is 8.86. The Kier molecular flexibility index (Phi) is 6.74. The van der Waals surface area contributed by atoms with Crippen LogP contribution in [0.15, 0.2) is 33.5 Å². The average Bonchev–Trinajstić information content (AvgIpc) is 3.35. The van der Waals surface area contributed by atoms with Gasteiger partial charge in [-0.15, -0.1) is 0 Å². The largest absolute Gasteiger partial charge is 0.397 e. The van der Waals surface area contributed by atoms with Gasteiger partial charge in [0.1, 0.15) is 10.8 Å². The Labute approximate surface area is 174 Å². The number of benzene rings is 1. The highest BCUT2D eigenvalue weighted by Crippen LogP contribution is 2.29. The fourth-order valence-corrected chi connectivity index (χ4v) is 3.50. The molecule has 0 atom stereocenters. The van der Waals surface area contributed by atoms with Gasteiger partial charge in [-0.05, 0) is 49.8 Å². The lowest BCUT2D eigenvalue weighted by Crippen LogP contribution is -2.31. The first-order chi connectivity index (χ1) is 13.4. The third-order valence-electron chi connectivity index (χ3n) is 4.54. The second kappa shape index (κ2) is 9.07. The molecule has 150 valence electrons. The molecule has 9 heteroatoms. The van der Waals surface area contributed by atoms with Crippen molar-refractivity contribution in [2.45, 2.75) is 32.2 Å². The van der Waals surface area contributed by atoms with Crippen LogP contribution < -0.4 is 16.8 Å². The van der Waals surface area contributed by atoms with Gasteiger partial charge >= 0.3 is 0 Å². The third-order valence-corrected chi connectivity index (χ3v) is 5.40. The highest BCUT2D eigenvalue weighted by Gasteiger charge is 2.27. The van der Waals surface area contributed by atoms with Crippen LogP contribution in [0.25, 0.3) is 0 Å². The molecule has 1 aliphatic carbocycles. The van der Waals surface area contributed by atoms with Crippen molar-refractivity contribution in [3.63, 3.8) is 0 Å². The molecule has 1 saturated carbocycles. The number of hydroxylamine groups is 1. The van der Waals surface area contributed by atoms with Crippen LogP contribution in [0.2, 0.25) is 5.02 Å². The van der Waals surface area contributed by atoms with Crippen LogP contribution in [0.5, 0.6) is 0 Å². The zero-order valence-electron chi connectivity index (χ0n) is 15.0. The van der Waals surface area contributed by atoms with E-state index in [-0.39, 0.29) is 27.6 Å². The molecule has 0 unspecified atom stereocenters. The topological polar surface area (TPSA) is 86.3 Å². The standard InChI is InChI=1S/C13H16ClN3O3.C6H4BrF/c14-10-11(15)9(8-2-1-5-17(8)13(10)19)12(18)16-20-6-7-3-4-7;7-5-2-1-3-6(8)4-5/h7H,1-6,15H2,(H,16,18);1-4H. The van der Waals surface area contributed by atoms with E-state index in [2.05, 4.69) is 21.4 Å². The smallest absolute Gasteiger partial charge is 0.278 e. The second-order valence-electron chi connectivity index (χ2n) is 6.74. The molecule has 0 radical (unpaired) electrons. The Hall–Kier alpha value is -1.90. The minimum Gasteiger partial charge on any atom is -0.397 e. The molecule has 4 rings (SSSR count). The number of carbonyl (C=O) groups excluding carboxylic acids is 1. The number of hydrogen-bond acceptors (Lipinski definition) is 4. The molecule has 2 aliphatic rings. The Morgan fingerprint density at radius 1 is 1.43 bits per heavy atom. The lowest BCUT2D eigenvalue weighted by Gasteiger charge is -2.14. The number of nitrogens with one attached hydrogen (secondary N) is 1. The van der Waals surface area contributed by atoms with Crippen molar-refractivity contribution in [3.05, 3.63) is 61.2 Å². The highest BCUT2D eigenvalue weighted by molar-refractivity contribution is 9.10. The van der Waals surface area contributed by atoms with E-state index in [0.29, 0.717) is 31.2 Å².